The number of nitrogens with one attached hydrogen (secondary N) is 1. The van der Waals surface area contributed by atoms with E-state index in [9.17, 15) is 4.79 Å². The number of aryl methyl sites for hydroxylation is 1. The van der Waals surface area contributed by atoms with Crippen LogP contribution in [0.1, 0.15) is 44.6 Å². The second kappa shape index (κ2) is 9.53. The summed E-state index contributed by atoms with van der Waals surface area (Å²) in [5.74, 6) is 0.303. The van der Waals surface area contributed by atoms with Gasteiger partial charge in [0.05, 0.1) is 0 Å². The summed E-state index contributed by atoms with van der Waals surface area (Å²) in [4.78, 5) is 12.2. The Morgan fingerprint density at radius 2 is 2.05 bits per heavy atom. The minimum absolute atomic E-state index is 0. The SMILES string of the molecule is CC(CCc1ccc(Br)cc1)NC(=O)C1CCCC(N)C1.Cl. The maximum atomic E-state index is 12.2. The zero-order valence-corrected chi connectivity index (χ0v) is 15.5. The van der Waals surface area contributed by atoms with Gasteiger partial charge in [-0.25, -0.2) is 0 Å². The van der Waals surface area contributed by atoms with Crippen molar-refractivity contribution in [2.24, 2.45) is 11.7 Å². The van der Waals surface area contributed by atoms with Crippen LogP contribution in [0.2, 0.25) is 0 Å². The summed E-state index contributed by atoms with van der Waals surface area (Å²) < 4.78 is 1.10. The number of halogens is 2. The molecule has 1 saturated carbocycles. The van der Waals surface area contributed by atoms with Crippen LogP contribution in [0.5, 0.6) is 0 Å². The summed E-state index contributed by atoms with van der Waals surface area (Å²) in [5, 5.41) is 3.15. The van der Waals surface area contributed by atoms with Gasteiger partial charge in [0.2, 0.25) is 5.91 Å². The van der Waals surface area contributed by atoms with Gasteiger partial charge in [0.15, 0.2) is 0 Å². The summed E-state index contributed by atoms with van der Waals surface area (Å²) in [7, 11) is 0. The zero-order chi connectivity index (χ0) is 15.2. The number of carbonyl (C=O) groups excluding carboxylic acids is 1. The van der Waals surface area contributed by atoms with E-state index >= 15 is 0 Å². The van der Waals surface area contributed by atoms with E-state index in [1.807, 2.05) is 0 Å². The largest absolute Gasteiger partial charge is 0.353 e. The molecule has 1 aromatic carbocycles. The summed E-state index contributed by atoms with van der Waals surface area (Å²) in [6, 6.07) is 8.77. The van der Waals surface area contributed by atoms with Crippen LogP contribution in [0.15, 0.2) is 28.7 Å². The molecule has 2 rings (SSSR count). The van der Waals surface area contributed by atoms with E-state index < -0.39 is 0 Å². The lowest BCUT2D eigenvalue weighted by Gasteiger charge is -2.27. The van der Waals surface area contributed by atoms with Crippen molar-refractivity contribution in [3.8, 4) is 0 Å². The predicted octanol–water partition coefficient (Wildman–Crippen LogP) is 3.83. The van der Waals surface area contributed by atoms with Gasteiger partial charge < -0.3 is 11.1 Å². The van der Waals surface area contributed by atoms with Crippen LogP contribution in [0, 0.1) is 5.92 Å². The summed E-state index contributed by atoms with van der Waals surface area (Å²) in [6.45, 7) is 2.08. The predicted molar refractivity (Wildman–Crippen MR) is 97.2 cm³/mol. The topological polar surface area (TPSA) is 55.1 Å². The first kappa shape index (κ1) is 19.5. The molecule has 0 aliphatic heterocycles. The fourth-order valence-corrected chi connectivity index (χ4v) is 3.20. The van der Waals surface area contributed by atoms with E-state index in [1.54, 1.807) is 0 Å². The number of carbonyl (C=O) groups is 1. The Hall–Kier alpha value is -0.580. The normalized spacial score (nSPS) is 22.5. The van der Waals surface area contributed by atoms with Gasteiger partial charge in [-0.3, -0.25) is 4.79 Å². The lowest BCUT2D eigenvalue weighted by Crippen LogP contribution is -2.41. The Bertz CT molecular complexity index is 466. The molecule has 0 heterocycles. The summed E-state index contributed by atoms with van der Waals surface area (Å²) in [6.07, 6.45) is 5.91. The molecule has 1 aliphatic carbocycles. The van der Waals surface area contributed by atoms with Crippen molar-refractivity contribution in [3.63, 3.8) is 0 Å². The van der Waals surface area contributed by atoms with Crippen LogP contribution in [0.3, 0.4) is 0 Å². The van der Waals surface area contributed by atoms with Crippen LogP contribution in [-0.4, -0.2) is 18.0 Å². The van der Waals surface area contributed by atoms with Crippen molar-refractivity contribution in [2.45, 2.75) is 57.5 Å². The Labute approximate surface area is 148 Å². The van der Waals surface area contributed by atoms with Gasteiger partial charge in [-0.1, -0.05) is 34.5 Å². The van der Waals surface area contributed by atoms with Crippen LogP contribution in [-0.2, 0) is 11.2 Å². The molecule has 1 aliphatic rings. The van der Waals surface area contributed by atoms with E-state index in [4.69, 9.17) is 5.73 Å². The second-order valence-electron chi connectivity index (χ2n) is 6.20. The number of amides is 1. The molecule has 0 radical (unpaired) electrons. The quantitative estimate of drug-likeness (QED) is 0.804. The minimum Gasteiger partial charge on any atom is -0.353 e. The van der Waals surface area contributed by atoms with Crippen molar-refractivity contribution in [3.05, 3.63) is 34.3 Å². The number of hydrogen-bond acceptors (Lipinski definition) is 2. The van der Waals surface area contributed by atoms with Crippen molar-refractivity contribution >= 4 is 34.2 Å². The van der Waals surface area contributed by atoms with Crippen LogP contribution in [0.4, 0.5) is 0 Å². The Balaban J connectivity index is 0.00000242. The van der Waals surface area contributed by atoms with Crippen molar-refractivity contribution in [1.29, 1.82) is 0 Å². The molecule has 3 unspecified atom stereocenters. The Morgan fingerprint density at radius 1 is 1.36 bits per heavy atom. The van der Waals surface area contributed by atoms with Gasteiger partial charge in [-0.15, -0.1) is 12.4 Å². The molecule has 3 nitrogen and oxygen atoms in total. The molecule has 1 aromatic rings. The first-order valence-electron chi connectivity index (χ1n) is 7.85. The maximum Gasteiger partial charge on any atom is 0.223 e. The van der Waals surface area contributed by atoms with Gasteiger partial charge in [-0.05, 0) is 56.7 Å². The monoisotopic (exact) mass is 388 g/mol. The summed E-state index contributed by atoms with van der Waals surface area (Å²) >= 11 is 3.44. The van der Waals surface area contributed by atoms with E-state index in [-0.39, 0.29) is 36.3 Å². The molecule has 0 spiro atoms. The third-order valence-corrected chi connectivity index (χ3v) is 4.78. The van der Waals surface area contributed by atoms with Gasteiger partial charge in [0.1, 0.15) is 0 Å². The maximum absolute atomic E-state index is 12.2. The van der Waals surface area contributed by atoms with Gasteiger partial charge in [-0.2, -0.15) is 0 Å². The molecule has 0 bridgehead atoms. The Kier molecular flexibility index (Phi) is 8.44. The van der Waals surface area contributed by atoms with Crippen molar-refractivity contribution in [1.82, 2.24) is 5.32 Å². The third-order valence-electron chi connectivity index (χ3n) is 4.25. The van der Waals surface area contributed by atoms with Gasteiger partial charge in [0.25, 0.3) is 0 Å². The van der Waals surface area contributed by atoms with Gasteiger partial charge in [0, 0.05) is 22.5 Å². The van der Waals surface area contributed by atoms with Crippen LogP contribution >= 0.6 is 28.3 Å². The van der Waals surface area contributed by atoms with Crippen LogP contribution in [0.25, 0.3) is 0 Å². The first-order valence-corrected chi connectivity index (χ1v) is 8.64. The lowest BCUT2D eigenvalue weighted by atomic mass is 9.85. The lowest BCUT2D eigenvalue weighted by molar-refractivity contribution is -0.126. The molecule has 3 atom stereocenters. The standard InChI is InChI=1S/C17H25BrN2O.ClH/c1-12(5-6-13-7-9-15(18)10-8-13)20-17(21)14-3-2-4-16(19)11-14;/h7-10,12,14,16H,2-6,11,19H2,1H3,(H,20,21);1H. The molecule has 1 amide bonds. The number of rotatable bonds is 5. The zero-order valence-electron chi connectivity index (χ0n) is 13.1. The van der Waals surface area contributed by atoms with E-state index in [0.717, 1.165) is 43.0 Å². The molecule has 5 heteroatoms. The average Bonchev–Trinajstić information content (AvgIpc) is 2.46. The van der Waals surface area contributed by atoms with Crippen LogP contribution < -0.4 is 11.1 Å². The molecule has 124 valence electrons. The fourth-order valence-electron chi connectivity index (χ4n) is 2.93. The molecular weight excluding hydrogens is 364 g/mol. The highest BCUT2D eigenvalue weighted by molar-refractivity contribution is 9.10. The smallest absolute Gasteiger partial charge is 0.223 e. The first-order chi connectivity index (χ1) is 10.0. The van der Waals surface area contributed by atoms with Crippen molar-refractivity contribution in [2.75, 3.05) is 0 Å². The third kappa shape index (κ3) is 6.27. The highest BCUT2D eigenvalue weighted by atomic mass is 79.9. The number of hydrogen-bond donors (Lipinski definition) is 2. The molecule has 3 N–H and O–H groups in total. The second-order valence-corrected chi connectivity index (χ2v) is 7.11. The minimum atomic E-state index is 0. The number of benzene rings is 1. The molecular formula is C17H26BrClN2O. The highest BCUT2D eigenvalue weighted by Crippen LogP contribution is 2.23. The molecule has 0 saturated heterocycles. The summed E-state index contributed by atoms with van der Waals surface area (Å²) in [5.41, 5.74) is 7.26. The average molecular weight is 390 g/mol. The van der Waals surface area contributed by atoms with E-state index in [0.29, 0.717) is 0 Å². The van der Waals surface area contributed by atoms with Gasteiger partial charge >= 0.3 is 0 Å². The van der Waals surface area contributed by atoms with Crippen molar-refractivity contribution < 1.29 is 4.79 Å². The number of nitrogens with two attached hydrogens (primary N) is 1. The molecule has 0 aromatic heterocycles. The fraction of sp³-hybridized carbons (Fsp3) is 0.588. The molecule has 22 heavy (non-hydrogen) atoms. The van der Waals surface area contributed by atoms with E-state index in [2.05, 4.69) is 52.4 Å². The Morgan fingerprint density at radius 3 is 2.68 bits per heavy atom. The molecule has 1 fully saturated rings. The highest BCUT2D eigenvalue weighted by Gasteiger charge is 2.25. The van der Waals surface area contributed by atoms with E-state index in [1.165, 1.54) is 5.56 Å².